The summed E-state index contributed by atoms with van der Waals surface area (Å²) in [5.41, 5.74) is 2.69. The number of methoxy groups -OCH3 is 1. The first-order chi connectivity index (χ1) is 14.9. The molecule has 1 amide bonds. The topological polar surface area (TPSA) is 59.8 Å². The Morgan fingerprint density at radius 1 is 1.19 bits per heavy atom. The van der Waals surface area contributed by atoms with Crippen molar-refractivity contribution in [2.45, 2.75) is 6.92 Å². The van der Waals surface area contributed by atoms with Crippen LogP contribution in [-0.4, -0.2) is 23.3 Å². The molecule has 1 fully saturated rings. The number of carbonyl (C=O) groups is 2. The standard InChI is InChI=1S/C23H16ClNO4S2/c1-13-4-3-5-15(10-13)25-21(26)20(31-23(25)30)12-16-7-9-19(29-16)14-6-8-18(24)17(11-14)22(27)28-2/h3-12H,1-2H3/b20-12-. The maximum atomic E-state index is 12.9. The first-order valence-electron chi connectivity index (χ1n) is 9.20. The van der Waals surface area contributed by atoms with Crippen molar-refractivity contribution < 1.29 is 18.7 Å². The fourth-order valence-corrected chi connectivity index (χ4v) is 4.59. The molecule has 0 unspecified atom stereocenters. The molecule has 0 saturated carbocycles. The molecule has 0 spiro atoms. The molecule has 5 nitrogen and oxygen atoms in total. The number of esters is 1. The molecule has 2 aromatic carbocycles. The quantitative estimate of drug-likeness (QED) is 0.261. The average Bonchev–Trinajstić information content (AvgIpc) is 3.32. The molecule has 1 saturated heterocycles. The highest BCUT2D eigenvalue weighted by Gasteiger charge is 2.33. The van der Waals surface area contributed by atoms with Crippen LogP contribution >= 0.6 is 35.6 Å². The molecule has 2 heterocycles. The van der Waals surface area contributed by atoms with Gasteiger partial charge in [0.15, 0.2) is 4.32 Å². The largest absolute Gasteiger partial charge is 0.465 e. The minimum atomic E-state index is -0.529. The Morgan fingerprint density at radius 3 is 2.74 bits per heavy atom. The third kappa shape index (κ3) is 4.30. The van der Waals surface area contributed by atoms with Crippen LogP contribution in [0.5, 0.6) is 0 Å². The van der Waals surface area contributed by atoms with Crippen molar-refractivity contribution >= 4 is 63.5 Å². The fourth-order valence-electron chi connectivity index (χ4n) is 3.12. The summed E-state index contributed by atoms with van der Waals surface area (Å²) in [6, 6.07) is 16.1. The van der Waals surface area contributed by atoms with Crippen LogP contribution < -0.4 is 4.90 Å². The SMILES string of the molecule is COC(=O)c1cc(-c2ccc(/C=C3\SC(=S)N(c4cccc(C)c4)C3=O)o2)ccc1Cl. The predicted octanol–water partition coefficient (Wildman–Crippen LogP) is 6.10. The van der Waals surface area contributed by atoms with E-state index in [0.717, 1.165) is 11.3 Å². The molecule has 0 atom stereocenters. The molecule has 1 aliphatic heterocycles. The van der Waals surface area contributed by atoms with Gasteiger partial charge in [0.1, 0.15) is 11.5 Å². The Kier molecular flexibility index (Phi) is 6.00. The molecule has 0 bridgehead atoms. The molecule has 1 aliphatic rings. The van der Waals surface area contributed by atoms with Crippen molar-refractivity contribution in [2.75, 3.05) is 12.0 Å². The van der Waals surface area contributed by atoms with Crippen molar-refractivity contribution in [3.8, 4) is 11.3 Å². The third-order valence-corrected chi connectivity index (χ3v) is 6.24. The number of furan rings is 1. The number of nitrogens with zero attached hydrogens (tertiary/aromatic N) is 1. The first kappa shape index (κ1) is 21.4. The van der Waals surface area contributed by atoms with E-state index in [1.54, 1.807) is 36.4 Å². The summed E-state index contributed by atoms with van der Waals surface area (Å²) in [6.45, 7) is 1.96. The number of hydrogen-bond donors (Lipinski definition) is 0. The van der Waals surface area contributed by atoms with Crippen molar-refractivity contribution in [3.63, 3.8) is 0 Å². The van der Waals surface area contributed by atoms with Crippen LogP contribution in [-0.2, 0) is 9.53 Å². The number of carbonyl (C=O) groups excluding carboxylic acids is 2. The predicted molar refractivity (Wildman–Crippen MR) is 127 cm³/mol. The van der Waals surface area contributed by atoms with Crippen LogP contribution in [0.4, 0.5) is 5.69 Å². The van der Waals surface area contributed by atoms with Crippen molar-refractivity contribution in [2.24, 2.45) is 0 Å². The van der Waals surface area contributed by atoms with Gasteiger partial charge in [-0.1, -0.05) is 47.7 Å². The molecule has 3 aromatic rings. The van der Waals surface area contributed by atoms with Crippen LogP contribution in [0.2, 0.25) is 5.02 Å². The molecule has 0 radical (unpaired) electrons. The van der Waals surface area contributed by atoms with Gasteiger partial charge in [0.25, 0.3) is 5.91 Å². The lowest BCUT2D eigenvalue weighted by atomic mass is 10.1. The molecule has 0 aliphatic carbocycles. The summed E-state index contributed by atoms with van der Waals surface area (Å²) in [7, 11) is 1.29. The minimum Gasteiger partial charge on any atom is -0.465 e. The van der Waals surface area contributed by atoms with Gasteiger partial charge in [-0.3, -0.25) is 9.69 Å². The van der Waals surface area contributed by atoms with Gasteiger partial charge in [0, 0.05) is 11.6 Å². The molecule has 1 aromatic heterocycles. The van der Waals surface area contributed by atoms with E-state index in [2.05, 4.69) is 0 Å². The zero-order valence-corrected chi connectivity index (χ0v) is 18.9. The minimum absolute atomic E-state index is 0.196. The lowest BCUT2D eigenvalue weighted by molar-refractivity contribution is -0.113. The Balaban J connectivity index is 1.61. The number of thioether (sulfide) groups is 1. The zero-order valence-electron chi connectivity index (χ0n) is 16.5. The van der Waals surface area contributed by atoms with E-state index >= 15 is 0 Å². The van der Waals surface area contributed by atoms with Crippen molar-refractivity contribution in [3.05, 3.63) is 81.4 Å². The van der Waals surface area contributed by atoms with Gasteiger partial charge >= 0.3 is 5.97 Å². The smallest absolute Gasteiger partial charge is 0.339 e. The molecule has 4 rings (SSSR count). The number of halogens is 1. The Hall–Kier alpha value is -2.87. The van der Waals surface area contributed by atoms with E-state index in [-0.39, 0.29) is 11.5 Å². The van der Waals surface area contributed by atoms with Crippen molar-refractivity contribution in [1.29, 1.82) is 0 Å². The van der Waals surface area contributed by atoms with Crippen LogP contribution in [0.15, 0.2) is 63.9 Å². The number of anilines is 1. The Labute approximate surface area is 193 Å². The van der Waals surface area contributed by atoms with Gasteiger partial charge in [-0.25, -0.2) is 4.79 Å². The summed E-state index contributed by atoms with van der Waals surface area (Å²) in [5.74, 6) is 0.299. The molecule has 8 heteroatoms. The highest BCUT2D eigenvalue weighted by molar-refractivity contribution is 8.27. The number of benzene rings is 2. The number of rotatable bonds is 4. The highest BCUT2D eigenvalue weighted by Crippen LogP contribution is 2.37. The van der Waals surface area contributed by atoms with Gasteiger partial charge < -0.3 is 9.15 Å². The normalized spacial score (nSPS) is 15.1. The second-order valence-corrected chi connectivity index (χ2v) is 8.83. The molecule has 31 heavy (non-hydrogen) atoms. The van der Waals surface area contributed by atoms with E-state index in [4.69, 9.17) is 33.0 Å². The zero-order chi connectivity index (χ0) is 22.1. The molecular weight excluding hydrogens is 454 g/mol. The van der Waals surface area contributed by atoms with Crippen LogP contribution in [0.3, 0.4) is 0 Å². The summed E-state index contributed by atoms with van der Waals surface area (Å²) in [4.78, 5) is 26.8. The van der Waals surface area contributed by atoms with Gasteiger partial charge in [-0.2, -0.15) is 0 Å². The maximum Gasteiger partial charge on any atom is 0.339 e. The van der Waals surface area contributed by atoms with E-state index < -0.39 is 5.97 Å². The van der Waals surface area contributed by atoms with E-state index in [1.165, 1.54) is 23.8 Å². The van der Waals surface area contributed by atoms with Crippen LogP contribution in [0, 0.1) is 6.92 Å². The Bertz CT molecular complexity index is 1250. The number of hydrogen-bond acceptors (Lipinski definition) is 6. The second-order valence-electron chi connectivity index (χ2n) is 6.74. The van der Waals surface area contributed by atoms with E-state index in [9.17, 15) is 9.59 Å². The third-order valence-electron chi connectivity index (χ3n) is 4.61. The molecular formula is C23H16ClNO4S2. The maximum absolute atomic E-state index is 12.9. The van der Waals surface area contributed by atoms with Gasteiger partial charge in [-0.05, 0) is 55.0 Å². The van der Waals surface area contributed by atoms with Crippen LogP contribution in [0.1, 0.15) is 21.7 Å². The molecule has 156 valence electrons. The first-order valence-corrected chi connectivity index (χ1v) is 10.8. The lowest BCUT2D eigenvalue weighted by Crippen LogP contribution is -2.27. The number of thiocarbonyl (C=S) groups is 1. The number of amides is 1. The summed E-state index contributed by atoms with van der Waals surface area (Å²) in [6.07, 6.45) is 1.66. The van der Waals surface area contributed by atoms with E-state index in [1.807, 2.05) is 31.2 Å². The van der Waals surface area contributed by atoms with Crippen molar-refractivity contribution in [1.82, 2.24) is 0 Å². The summed E-state index contributed by atoms with van der Waals surface area (Å²) in [5, 5.41) is 0.294. The second kappa shape index (κ2) is 8.70. The molecule has 0 N–H and O–H groups in total. The Morgan fingerprint density at radius 2 is 2.00 bits per heavy atom. The summed E-state index contributed by atoms with van der Waals surface area (Å²) >= 11 is 12.7. The number of aryl methyl sites for hydroxylation is 1. The van der Waals surface area contributed by atoms with Gasteiger partial charge in [0.05, 0.1) is 28.3 Å². The highest BCUT2D eigenvalue weighted by atomic mass is 35.5. The lowest BCUT2D eigenvalue weighted by Gasteiger charge is -2.14. The van der Waals surface area contributed by atoms with Gasteiger partial charge in [-0.15, -0.1) is 0 Å². The van der Waals surface area contributed by atoms with E-state index in [0.29, 0.717) is 31.3 Å². The monoisotopic (exact) mass is 469 g/mol. The van der Waals surface area contributed by atoms with Crippen LogP contribution in [0.25, 0.3) is 17.4 Å². The fraction of sp³-hybridized carbons (Fsp3) is 0.0870. The summed E-state index contributed by atoms with van der Waals surface area (Å²) < 4.78 is 11.1. The number of ether oxygens (including phenoxy) is 1. The van der Waals surface area contributed by atoms with Gasteiger partial charge in [0.2, 0.25) is 0 Å². The average molecular weight is 470 g/mol.